The van der Waals surface area contributed by atoms with Gasteiger partial charge in [-0.15, -0.1) is 0 Å². The van der Waals surface area contributed by atoms with E-state index in [0.29, 0.717) is 24.8 Å². The van der Waals surface area contributed by atoms with Crippen LogP contribution in [0.5, 0.6) is 5.75 Å². The van der Waals surface area contributed by atoms with Crippen molar-refractivity contribution in [2.75, 3.05) is 19.7 Å². The maximum Gasteiger partial charge on any atom is 0.260 e. The molecule has 1 aromatic carbocycles. The Morgan fingerprint density at radius 1 is 1.35 bits per heavy atom. The number of rotatable bonds is 4. The third-order valence-electron chi connectivity index (χ3n) is 4.18. The molecular weight excluding hydrogens is 294 g/mol. The number of carbonyl (C=O) groups is 1. The van der Waals surface area contributed by atoms with Crippen LogP contribution >= 0.6 is 0 Å². The van der Waals surface area contributed by atoms with Crippen molar-refractivity contribution >= 4 is 5.91 Å². The summed E-state index contributed by atoms with van der Waals surface area (Å²) in [4.78, 5) is 18.4. The smallest absolute Gasteiger partial charge is 0.260 e. The van der Waals surface area contributed by atoms with Gasteiger partial charge in [0.15, 0.2) is 12.4 Å². The lowest BCUT2D eigenvalue weighted by Gasteiger charge is -2.17. The molecule has 2 heterocycles. The van der Waals surface area contributed by atoms with Crippen LogP contribution in [-0.2, 0) is 4.79 Å². The highest BCUT2D eigenvalue weighted by Crippen LogP contribution is 2.26. The summed E-state index contributed by atoms with van der Waals surface area (Å²) in [5.74, 6) is 2.16. The van der Waals surface area contributed by atoms with E-state index >= 15 is 0 Å². The predicted molar refractivity (Wildman–Crippen MR) is 84.4 cm³/mol. The molecule has 23 heavy (non-hydrogen) atoms. The van der Waals surface area contributed by atoms with Gasteiger partial charge >= 0.3 is 0 Å². The lowest BCUT2D eigenvalue weighted by Crippen LogP contribution is -2.33. The number of nitrogens with zero attached hydrogens (tertiary/aromatic N) is 3. The Balaban J connectivity index is 1.57. The number of amides is 1. The van der Waals surface area contributed by atoms with Crippen LogP contribution in [0.15, 0.2) is 22.7 Å². The standard InChI is InChI=1S/C17H21N3O3/c1-11-5-4-6-12(2)16(11)22-10-15(21)20-8-7-14(9-20)17-18-13(3)19-23-17/h4-6,14H,7-10H2,1-3H3/t14-/m1/s1. The van der Waals surface area contributed by atoms with Gasteiger partial charge in [-0.2, -0.15) is 4.98 Å². The van der Waals surface area contributed by atoms with E-state index in [2.05, 4.69) is 10.1 Å². The minimum atomic E-state index is -0.00797. The summed E-state index contributed by atoms with van der Waals surface area (Å²) >= 11 is 0. The first-order valence-electron chi connectivity index (χ1n) is 7.81. The molecule has 0 unspecified atom stereocenters. The first kappa shape index (κ1) is 15.5. The molecule has 1 aliphatic heterocycles. The molecule has 2 aromatic rings. The average Bonchev–Trinajstić information content (AvgIpc) is 3.15. The van der Waals surface area contributed by atoms with Gasteiger partial charge in [-0.25, -0.2) is 0 Å². The van der Waals surface area contributed by atoms with Crippen molar-refractivity contribution in [3.05, 3.63) is 41.0 Å². The maximum atomic E-state index is 12.4. The SMILES string of the molecule is Cc1noc([C@@H]2CCN(C(=O)COc3c(C)cccc3C)C2)n1. The zero-order valence-electron chi connectivity index (χ0n) is 13.7. The van der Waals surface area contributed by atoms with Crippen molar-refractivity contribution < 1.29 is 14.1 Å². The van der Waals surface area contributed by atoms with E-state index in [1.165, 1.54) is 0 Å². The zero-order chi connectivity index (χ0) is 16.4. The molecule has 1 aromatic heterocycles. The fourth-order valence-corrected chi connectivity index (χ4v) is 2.92. The highest BCUT2D eigenvalue weighted by atomic mass is 16.5. The van der Waals surface area contributed by atoms with Gasteiger partial charge < -0.3 is 14.2 Å². The highest BCUT2D eigenvalue weighted by molar-refractivity contribution is 5.78. The molecule has 1 saturated heterocycles. The molecule has 1 atom stereocenters. The Hall–Kier alpha value is -2.37. The minimum Gasteiger partial charge on any atom is -0.483 e. The molecule has 0 saturated carbocycles. The molecule has 1 amide bonds. The van der Waals surface area contributed by atoms with Crippen molar-refractivity contribution in [3.8, 4) is 5.75 Å². The van der Waals surface area contributed by atoms with Crippen LogP contribution in [0.25, 0.3) is 0 Å². The Morgan fingerprint density at radius 2 is 2.09 bits per heavy atom. The number of carbonyl (C=O) groups excluding carboxylic acids is 1. The van der Waals surface area contributed by atoms with Gasteiger partial charge in [0.2, 0.25) is 5.89 Å². The van der Waals surface area contributed by atoms with Crippen molar-refractivity contribution in [2.45, 2.75) is 33.1 Å². The van der Waals surface area contributed by atoms with E-state index in [0.717, 1.165) is 23.3 Å². The highest BCUT2D eigenvalue weighted by Gasteiger charge is 2.31. The van der Waals surface area contributed by atoms with E-state index in [4.69, 9.17) is 9.26 Å². The van der Waals surface area contributed by atoms with Crippen LogP contribution in [0.4, 0.5) is 0 Å². The summed E-state index contributed by atoms with van der Waals surface area (Å²) < 4.78 is 11.0. The Kier molecular flexibility index (Phi) is 4.32. The fraction of sp³-hybridized carbons (Fsp3) is 0.471. The Bertz CT molecular complexity index is 691. The lowest BCUT2D eigenvalue weighted by molar-refractivity contribution is -0.132. The van der Waals surface area contributed by atoms with Crippen LogP contribution in [0.3, 0.4) is 0 Å². The number of hydrogen-bond donors (Lipinski definition) is 0. The van der Waals surface area contributed by atoms with Crippen molar-refractivity contribution in [1.29, 1.82) is 0 Å². The Morgan fingerprint density at radius 3 is 2.74 bits per heavy atom. The molecule has 122 valence electrons. The van der Waals surface area contributed by atoms with Crippen LogP contribution < -0.4 is 4.74 Å². The molecule has 0 radical (unpaired) electrons. The monoisotopic (exact) mass is 315 g/mol. The third-order valence-corrected chi connectivity index (χ3v) is 4.18. The number of ether oxygens (including phenoxy) is 1. The number of aryl methyl sites for hydroxylation is 3. The summed E-state index contributed by atoms with van der Waals surface area (Å²) in [6.07, 6.45) is 0.844. The first-order valence-corrected chi connectivity index (χ1v) is 7.81. The maximum absolute atomic E-state index is 12.4. The number of aromatic nitrogens is 2. The van der Waals surface area contributed by atoms with Crippen LogP contribution in [0, 0.1) is 20.8 Å². The van der Waals surface area contributed by atoms with Gasteiger partial charge in [0, 0.05) is 13.1 Å². The van der Waals surface area contributed by atoms with Crippen LogP contribution in [0.2, 0.25) is 0 Å². The number of hydrogen-bond acceptors (Lipinski definition) is 5. The summed E-state index contributed by atoms with van der Waals surface area (Å²) in [6, 6.07) is 5.95. The summed E-state index contributed by atoms with van der Waals surface area (Å²) in [6.45, 7) is 7.12. The van der Waals surface area contributed by atoms with E-state index in [1.54, 1.807) is 11.8 Å². The van der Waals surface area contributed by atoms with E-state index in [-0.39, 0.29) is 18.4 Å². The van der Waals surface area contributed by atoms with Gasteiger partial charge in [0.05, 0.1) is 5.92 Å². The minimum absolute atomic E-state index is 0.00797. The van der Waals surface area contributed by atoms with Gasteiger partial charge in [-0.05, 0) is 38.3 Å². The van der Waals surface area contributed by atoms with Gasteiger partial charge in [-0.3, -0.25) is 4.79 Å². The largest absolute Gasteiger partial charge is 0.483 e. The molecule has 1 aliphatic rings. The second-order valence-electron chi connectivity index (χ2n) is 6.01. The van der Waals surface area contributed by atoms with E-state index in [9.17, 15) is 4.79 Å². The first-order chi connectivity index (χ1) is 11.0. The topological polar surface area (TPSA) is 68.5 Å². The zero-order valence-corrected chi connectivity index (χ0v) is 13.7. The fourth-order valence-electron chi connectivity index (χ4n) is 2.92. The molecule has 1 fully saturated rings. The molecule has 0 aliphatic carbocycles. The van der Waals surface area contributed by atoms with Gasteiger partial charge in [0.1, 0.15) is 5.75 Å². The average molecular weight is 315 g/mol. The molecule has 0 bridgehead atoms. The summed E-state index contributed by atoms with van der Waals surface area (Å²) in [5, 5.41) is 3.81. The normalized spacial score (nSPS) is 17.5. The Labute approximate surface area is 135 Å². The van der Waals surface area contributed by atoms with Gasteiger partial charge in [0.25, 0.3) is 5.91 Å². The predicted octanol–water partition coefficient (Wildman–Crippen LogP) is 2.39. The van der Waals surface area contributed by atoms with E-state index < -0.39 is 0 Å². The molecule has 0 spiro atoms. The quantitative estimate of drug-likeness (QED) is 0.866. The molecule has 0 N–H and O–H groups in total. The molecular formula is C17H21N3O3. The number of likely N-dealkylation sites (tertiary alicyclic amines) is 1. The summed E-state index contributed by atoms with van der Waals surface area (Å²) in [5.41, 5.74) is 2.08. The second kappa shape index (κ2) is 6.40. The van der Waals surface area contributed by atoms with E-state index in [1.807, 2.05) is 32.0 Å². The molecule has 6 nitrogen and oxygen atoms in total. The van der Waals surface area contributed by atoms with Crippen molar-refractivity contribution in [1.82, 2.24) is 15.0 Å². The van der Waals surface area contributed by atoms with Crippen molar-refractivity contribution in [3.63, 3.8) is 0 Å². The van der Waals surface area contributed by atoms with Crippen LogP contribution in [-0.4, -0.2) is 40.6 Å². The summed E-state index contributed by atoms with van der Waals surface area (Å²) in [7, 11) is 0. The molecule has 3 rings (SSSR count). The second-order valence-corrected chi connectivity index (χ2v) is 6.01. The van der Waals surface area contributed by atoms with Gasteiger partial charge in [-0.1, -0.05) is 23.4 Å². The molecule has 6 heteroatoms. The number of benzene rings is 1. The van der Waals surface area contributed by atoms with Crippen LogP contribution in [0.1, 0.15) is 35.2 Å². The number of para-hydroxylation sites is 1. The lowest BCUT2D eigenvalue weighted by atomic mass is 10.1. The third kappa shape index (κ3) is 3.36. The van der Waals surface area contributed by atoms with Crippen molar-refractivity contribution in [2.24, 2.45) is 0 Å².